The zero-order valence-electron chi connectivity index (χ0n) is 24.2. The van der Waals surface area contributed by atoms with Crippen molar-refractivity contribution in [2.45, 2.75) is 135 Å². The minimum atomic E-state index is 0.779. The van der Waals surface area contributed by atoms with Gasteiger partial charge in [0.25, 0.3) is 0 Å². The van der Waals surface area contributed by atoms with Gasteiger partial charge in [-0.05, 0) is 90.5 Å². The maximum Gasteiger partial charge on any atom is -0.0162 e. The van der Waals surface area contributed by atoms with E-state index in [-0.39, 0.29) is 0 Å². The lowest BCUT2D eigenvalue weighted by Gasteiger charge is -2.29. The summed E-state index contributed by atoms with van der Waals surface area (Å²) in [6, 6.07) is 19.0. The van der Waals surface area contributed by atoms with Crippen LogP contribution in [0.2, 0.25) is 0 Å². The maximum absolute atomic E-state index is 2.52. The Morgan fingerprint density at radius 1 is 0.541 bits per heavy atom. The lowest BCUT2D eigenvalue weighted by Crippen LogP contribution is -2.13. The fourth-order valence-corrected chi connectivity index (χ4v) is 6.90. The molecule has 0 N–H and O–H groups in total. The highest BCUT2D eigenvalue weighted by Gasteiger charge is 2.22. The van der Waals surface area contributed by atoms with Crippen LogP contribution >= 0.6 is 0 Å². The Balaban J connectivity index is 1.20. The van der Waals surface area contributed by atoms with Crippen LogP contribution in [0.15, 0.2) is 54.6 Å². The first kappa shape index (κ1) is 28.2. The third-order valence-corrected chi connectivity index (χ3v) is 9.52. The quantitative estimate of drug-likeness (QED) is 0.227. The molecule has 0 spiro atoms. The van der Waals surface area contributed by atoms with E-state index in [0.717, 1.165) is 17.8 Å². The number of benzene rings is 2. The normalized spacial score (nSPS) is 22.1. The molecular formula is C37H54. The Kier molecular flexibility index (Phi) is 11.9. The summed E-state index contributed by atoms with van der Waals surface area (Å²) >= 11 is 0. The van der Waals surface area contributed by atoms with Crippen LogP contribution in [0.25, 0.3) is 16.7 Å². The fraction of sp³-hybridized carbons (Fsp3) is 0.622. The lowest BCUT2D eigenvalue weighted by molar-refractivity contribution is 0.302. The van der Waals surface area contributed by atoms with Crippen molar-refractivity contribution in [2.24, 2.45) is 11.8 Å². The highest BCUT2D eigenvalue weighted by Crippen LogP contribution is 2.39. The molecule has 0 aromatic heterocycles. The molecule has 1 atom stereocenters. The molecule has 0 amide bonds. The van der Waals surface area contributed by atoms with Crippen molar-refractivity contribution >= 4 is 5.57 Å². The summed E-state index contributed by atoms with van der Waals surface area (Å²) in [5.74, 6) is 2.69. The van der Waals surface area contributed by atoms with Crippen molar-refractivity contribution in [1.82, 2.24) is 0 Å². The molecule has 1 unspecified atom stereocenters. The molecule has 2 aliphatic rings. The Morgan fingerprint density at radius 3 is 1.73 bits per heavy atom. The van der Waals surface area contributed by atoms with Gasteiger partial charge in [0.15, 0.2) is 0 Å². The van der Waals surface area contributed by atoms with Gasteiger partial charge in [-0.1, -0.05) is 139 Å². The van der Waals surface area contributed by atoms with Gasteiger partial charge in [-0.2, -0.15) is 0 Å². The van der Waals surface area contributed by atoms with Crippen LogP contribution in [0.3, 0.4) is 0 Å². The van der Waals surface area contributed by atoms with Gasteiger partial charge < -0.3 is 0 Å². The minimum absolute atomic E-state index is 0.779. The van der Waals surface area contributed by atoms with Gasteiger partial charge >= 0.3 is 0 Å². The van der Waals surface area contributed by atoms with Gasteiger partial charge in [0.2, 0.25) is 0 Å². The summed E-state index contributed by atoms with van der Waals surface area (Å²) in [6.45, 7) is 4.61. The Hall–Kier alpha value is -1.82. The topological polar surface area (TPSA) is 0 Å². The Labute approximate surface area is 229 Å². The third-order valence-electron chi connectivity index (χ3n) is 9.52. The summed E-state index contributed by atoms with van der Waals surface area (Å²) in [6.07, 6.45) is 27.8. The average molecular weight is 499 g/mol. The third kappa shape index (κ3) is 8.87. The van der Waals surface area contributed by atoms with E-state index < -0.39 is 0 Å². The van der Waals surface area contributed by atoms with Crippen molar-refractivity contribution in [1.29, 1.82) is 0 Å². The lowest BCUT2D eigenvalue weighted by atomic mass is 9.77. The first-order valence-corrected chi connectivity index (χ1v) is 16.2. The van der Waals surface area contributed by atoms with Crippen molar-refractivity contribution in [3.8, 4) is 11.1 Å². The van der Waals surface area contributed by atoms with Crippen LogP contribution in [0.5, 0.6) is 0 Å². The summed E-state index contributed by atoms with van der Waals surface area (Å²) in [5.41, 5.74) is 7.28. The fourth-order valence-electron chi connectivity index (χ4n) is 6.90. The molecule has 4 rings (SSSR count). The van der Waals surface area contributed by atoms with Crippen LogP contribution in [-0.2, 0) is 0 Å². The largest absolute Gasteiger partial charge is 0.0804 e. The number of unbranched alkanes of at least 4 members (excludes halogenated alkanes) is 7. The van der Waals surface area contributed by atoms with E-state index in [4.69, 9.17) is 0 Å². The predicted octanol–water partition coefficient (Wildman–Crippen LogP) is 12.1. The molecular weight excluding hydrogens is 444 g/mol. The highest BCUT2D eigenvalue weighted by atomic mass is 14.3. The molecule has 0 heterocycles. The standard InChI is InChI=1S/C37H54/c1-3-5-7-8-9-10-11-13-31-16-20-33(21-17-31)35-24-28-37(29-25-35)36-26-22-34(23-27-36)32-18-14-30(15-19-32)12-6-4-2/h18,22-31,33H,3-17,19-21H2,1-2H3/t30?,31-,33-. The molecule has 202 valence electrons. The molecule has 0 aliphatic heterocycles. The van der Waals surface area contributed by atoms with Crippen molar-refractivity contribution in [3.05, 3.63) is 65.7 Å². The van der Waals surface area contributed by atoms with Crippen molar-refractivity contribution in [2.75, 3.05) is 0 Å². The molecule has 1 saturated carbocycles. The molecule has 37 heavy (non-hydrogen) atoms. The van der Waals surface area contributed by atoms with Crippen LogP contribution in [0.1, 0.15) is 146 Å². The van der Waals surface area contributed by atoms with E-state index in [2.05, 4.69) is 68.5 Å². The van der Waals surface area contributed by atoms with Gasteiger partial charge in [-0.15, -0.1) is 0 Å². The molecule has 0 radical (unpaired) electrons. The summed E-state index contributed by atoms with van der Waals surface area (Å²) in [7, 11) is 0. The molecule has 0 saturated heterocycles. The van der Waals surface area contributed by atoms with E-state index >= 15 is 0 Å². The van der Waals surface area contributed by atoms with Crippen molar-refractivity contribution < 1.29 is 0 Å². The Bertz CT molecular complexity index is 908. The second kappa shape index (κ2) is 15.6. The number of hydrogen-bond donors (Lipinski definition) is 0. The number of hydrogen-bond acceptors (Lipinski definition) is 0. The minimum Gasteiger partial charge on any atom is -0.0804 e. The van der Waals surface area contributed by atoms with Crippen LogP contribution in [0, 0.1) is 11.8 Å². The van der Waals surface area contributed by atoms with E-state index in [1.807, 2.05) is 0 Å². The zero-order valence-corrected chi connectivity index (χ0v) is 24.2. The molecule has 1 fully saturated rings. The molecule has 0 heteroatoms. The number of rotatable bonds is 14. The van der Waals surface area contributed by atoms with Gasteiger partial charge in [-0.3, -0.25) is 0 Å². The maximum atomic E-state index is 2.52. The molecule has 2 aromatic rings. The first-order chi connectivity index (χ1) is 18.3. The number of allylic oxidation sites excluding steroid dienone is 2. The van der Waals surface area contributed by atoms with E-state index in [1.165, 1.54) is 132 Å². The SMILES string of the molecule is CCCCCCCCC[C@H]1CC[C@H](c2ccc(-c3ccc(C4=CCC(CCCC)CC4)cc3)cc2)CC1. The zero-order chi connectivity index (χ0) is 25.7. The summed E-state index contributed by atoms with van der Waals surface area (Å²) in [5, 5.41) is 0. The molecule has 2 aromatic carbocycles. The van der Waals surface area contributed by atoms with E-state index in [1.54, 1.807) is 11.1 Å². The van der Waals surface area contributed by atoms with Gasteiger partial charge in [0.1, 0.15) is 0 Å². The first-order valence-electron chi connectivity index (χ1n) is 16.2. The van der Waals surface area contributed by atoms with Gasteiger partial charge in [0.05, 0.1) is 0 Å². The molecule has 0 nitrogen and oxygen atoms in total. The van der Waals surface area contributed by atoms with Gasteiger partial charge in [-0.25, -0.2) is 0 Å². The van der Waals surface area contributed by atoms with E-state index in [9.17, 15) is 0 Å². The van der Waals surface area contributed by atoms with Crippen LogP contribution < -0.4 is 0 Å². The van der Waals surface area contributed by atoms with E-state index in [0.29, 0.717) is 0 Å². The van der Waals surface area contributed by atoms with Gasteiger partial charge in [0, 0.05) is 0 Å². The molecule has 2 aliphatic carbocycles. The predicted molar refractivity (Wildman–Crippen MR) is 164 cm³/mol. The van der Waals surface area contributed by atoms with Crippen molar-refractivity contribution in [3.63, 3.8) is 0 Å². The average Bonchev–Trinajstić information content (AvgIpc) is 2.96. The van der Waals surface area contributed by atoms with Crippen LogP contribution in [0.4, 0.5) is 0 Å². The smallest absolute Gasteiger partial charge is 0.0162 e. The second-order valence-corrected chi connectivity index (χ2v) is 12.3. The summed E-state index contributed by atoms with van der Waals surface area (Å²) in [4.78, 5) is 0. The second-order valence-electron chi connectivity index (χ2n) is 12.3. The van der Waals surface area contributed by atoms with Crippen LogP contribution in [-0.4, -0.2) is 0 Å². The Morgan fingerprint density at radius 2 is 1.11 bits per heavy atom. The highest BCUT2D eigenvalue weighted by molar-refractivity contribution is 5.71. The summed E-state index contributed by atoms with van der Waals surface area (Å²) < 4.78 is 0. The monoisotopic (exact) mass is 498 g/mol. The molecule has 0 bridgehead atoms.